The van der Waals surface area contributed by atoms with Crippen molar-refractivity contribution in [1.29, 1.82) is 0 Å². The molecular weight excluding hydrogens is 196 g/mol. The van der Waals surface area contributed by atoms with Crippen molar-refractivity contribution in [1.82, 2.24) is 0 Å². The third-order valence-corrected chi connectivity index (χ3v) is 3.91. The van der Waals surface area contributed by atoms with Gasteiger partial charge >= 0.3 is 0 Å². The summed E-state index contributed by atoms with van der Waals surface area (Å²) in [6, 6.07) is 10.5. The Bertz CT molecular complexity index is 315. The molecule has 0 bridgehead atoms. The van der Waals surface area contributed by atoms with Gasteiger partial charge in [-0.1, -0.05) is 50.6 Å². The van der Waals surface area contributed by atoms with E-state index in [0.29, 0.717) is 17.8 Å². The SMILES string of the molecule is CCC(C)C(c1ccccc1)C(O)C1CC1. The number of aliphatic hydroxyl groups is 1. The second-order valence-corrected chi connectivity index (χ2v) is 5.15. The molecule has 16 heavy (non-hydrogen) atoms. The van der Waals surface area contributed by atoms with Gasteiger partial charge in [-0.25, -0.2) is 0 Å². The second-order valence-electron chi connectivity index (χ2n) is 5.15. The molecule has 0 radical (unpaired) electrons. The van der Waals surface area contributed by atoms with Crippen LogP contribution in [0.5, 0.6) is 0 Å². The Morgan fingerprint density at radius 2 is 1.88 bits per heavy atom. The largest absolute Gasteiger partial charge is 0.392 e. The molecule has 1 nitrogen and oxygen atoms in total. The molecule has 0 aromatic heterocycles. The zero-order chi connectivity index (χ0) is 11.5. The second kappa shape index (κ2) is 5.01. The molecule has 0 amide bonds. The van der Waals surface area contributed by atoms with Gasteiger partial charge in [-0.15, -0.1) is 0 Å². The molecule has 3 unspecified atom stereocenters. The van der Waals surface area contributed by atoms with E-state index in [1.807, 2.05) is 6.07 Å². The van der Waals surface area contributed by atoms with Crippen LogP contribution in [0.25, 0.3) is 0 Å². The maximum absolute atomic E-state index is 10.4. The summed E-state index contributed by atoms with van der Waals surface area (Å²) in [6.45, 7) is 4.46. The summed E-state index contributed by atoms with van der Waals surface area (Å²) in [5.41, 5.74) is 1.30. The van der Waals surface area contributed by atoms with Crippen molar-refractivity contribution < 1.29 is 5.11 Å². The van der Waals surface area contributed by atoms with Crippen molar-refractivity contribution in [3.05, 3.63) is 35.9 Å². The van der Waals surface area contributed by atoms with Crippen LogP contribution in [0.2, 0.25) is 0 Å². The fourth-order valence-electron chi connectivity index (χ4n) is 2.52. The minimum Gasteiger partial charge on any atom is -0.392 e. The van der Waals surface area contributed by atoms with Crippen molar-refractivity contribution in [3.63, 3.8) is 0 Å². The van der Waals surface area contributed by atoms with E-state index in [0.717, 1.165) is 6.42 Å². The molecule has 0 saturated heterocycles. The number of rotatable bonds is 5. The number of hydrogen-bond donors (Lipinski definition) is 1. The van der Waals surface area contributed by atoms with Crippen LogP contribution in [0, 0.1) is 11.8 Å². The molecule has 3 atom stereocenters. The first-order valence-electron chi connectivity index (χ1n) is 6.47. The fraction of sp³-hybridized carbons (Fsp3) is 0.600. The third-order valence-electron chi connectivity index (χ3n) is 3.91. The highest BCUT2D eigenvalue weighted by Crippen LogP contribution is 2.42. The van der Waals surface area contributed by atoms with Crippen LogP contribution in [0.15, 0.2) is 30.3 Å². The molecule has 1 N–H and O–H groups in total. The molecule has 0 heterocycles. The normalized spacial score (nSPS) is 21.4. The van der Waals surface area contributed by atoms with Crippen LogP contribution >= 0.6 is 0 Å². The first kappa shape index (κ1) is 11.7. The highest BCUT2D eigenvalue weighted by atomic mass is 16.3. The average Bonchev–Trinajstić information content (AvgIpc) is 3.14. The van der Waals surface area contributed by atoms with Crippen LogP contribution < -0.4 is 0 Å². The van der Waals surface area contributed by atoms with Crippen molar-refractivity contribution in [2.45, 2.75) is 45.1 Å². The lowest BCUT2D eigenvalue weighted by molar-refractivity contribution is 0.0964. The molecule has 1 fully saturated rings. The molecule has 1 aliphatic carbocycles. The van der Waals surface area contributed by atoms with Crippen molar-refractivity contribution in [2.75, 3.05) is 0 Å². The standard InChI is InChI=1S/C15H22O/c1-3-11(2)14(15(16)13-9-10-13)12-7-5-4-6-8-12/h4-8,11,13-16H,3,9-10H2,1-2H3. The van der Waals surface area contributed by atoms with Gasteiger partial charge in [0.15, 0.2) is 0 Å². The predicted molar refractivity (Wildman–Crippen MR) is 67.4 cm³/mol. The summed E-state index contributed by atoms with van der Waals surface area (Å²) in [4.78, 5) is 0. The van der Waals surface area contributed by atoms with Crippen molar-refractivity contribution >= 4 is 0 Å². The van der Waals surface area contributed by atoms with Crippen LogP contribution in [0.3, 0.4) is 0 Å². The van der Waals surface area contributed by atoms with Gasteiger partial charge in [-0.3, -0.25) is 0 Å². The first-order chi connectivity index (χ1) is 7.74. The highest BCUT2D eigenvalue weighted by Gasteiger charge is 2.37. The Labute approximate surface area is 98.5 Å². The van der Waals surface area contributed by atoms with E-state index < -0.39 is 0 Å². The Kier molecular flexibility index (Phi) is 3.65. The number of aliphatic hydroxyl groups excluding tert-OH is 1. The van der Waals surface area contributed by atoms with Gasteiger partial charge in [0.2, 0.25) is 0 Å². The summed E-state index contributed by atoms with van der Waals surface area (Å²) >= 11 is 0. The van der Waals surface area contributed by atoms with Gasteiger partial charge in [0, 0.05) is 5.92 Å². The van der Waals surface area contributed by atoms with E-state index in [-0.39, 0.29) is 6.10 Å². The average molecular weight is 218 g/mol. The molecule has 1 aromatic carbocycles. The van der Waals surface area contributed by atoms with E-state index >= 15 is 0 Å². The van der Waals surface area contributed by atoms with Crippen molar-refractivity contribution in [2.24, 2.45) is 11.8 Å². The van der Waals surface area contributed by atoms with Crippen LogP contribution in [0.4, 0.5) is 0 Å². The minimum absolute atomic E-state index is 0.141. The lowest BCUT2D eigenvalue weighted by Gasteiger charge is -2.28. The maximum atomic E-state index is 10.4. The van der Waals surface area contributed by atoms with E-state index in [2.05, 4.69) is 38.1 Å². The van der Waals surface area contributed by atoms with Gasteiger partial charge in [-0.2, -0.15) is 0 Å². The zero-order valence-electron chi connectivity index (χ0n) is 10.3. The Morgan fingerprint density at radius 3 is 2.38 bits per heavy atom. The van der Waals surface area contributed by atoms with Crippen LogP contribution in [-0.4, -0.2) is 11.2 Å². The van der Waals surface area contributed by atoms with Crippen molar-refractivity contribution in [3.8, 4) is 0 Å². The van der Waals surface area contributed by atoms with Gasteiger partial charge in [0.1, 0.15) is 0 Å². The summed E-state index contributed by atoms with van der Waals surface area (Å²) < 4.78 is 0. The van der Waals surface area contributed by atoms with E-state index in [1.54, 1.807) is 0 Å². The smallest absolute Gasteiger partial charge is 0.0639 e. The molecular formula is C15H22O. The fourth-order valence-corrected chi connectivity index (χ4v) is 2.52. The summed E-state index contributed by atoms with van der Waals surface area (Å²) in [5, 5.41) is 10.4. The molecule has 88 valence electrons. The van der Waals surface area contributed by atoms with Gasteiger partial charge in [-0.05, 0) is 30.2 Å². The first-order valence-corrected chi connectivity index (χ1v) is 6.47. The number of hydrogen-bond acceptors (Lipinski definition) is 1. The predicted octanol–water partition coefficient (Wildman–Crippen LogP) is 3.59. The van der Waals surface area contributed by atoms with Crippen LogP contribution in [0.1, 0.15) is 44.6 Å². The zero-order valence-corrected chi connectivity index (χ0v) is 10.3. The Hall–Kier alpha value is -0.820. The molecule has 1 saturated carbocycles. The Balaban J connectivity index is 2.20. The quantitative estimate of drug-likeness (QED) is 0.800. The van der Waals surface area contributed by atoms with Gasteiger partial charge in [0.05, 0.1) is 6.10 Å². The molecule has 0 aliphatic heterocycles. The molecule has 0 spiro atoms. The molecule has 1 heteroatoms. The summed E-state index contributed by atoms with van der Waals surface area (Å²) in [7, 11) is 0. The third kappa shape index (κ3) is 2.46. The van der Waals surface area contributed by atoms with E-state index in [9.17, 15) is 5.11 Å². The minimum atomic E-state index is -0.141. The lowest BCUT2D eigenvalue weighted by atomic mass is 9.80. The topological polar surface area (TPSA) is 20.2 Å². The Morgan fingerprint density at radius 1 is 1.25 bits per heavy atom. The van der Waals surface area contributed by atoms with Gasteiger partial charge in [0.25, 0.3) is 0 Å². The van der Waals surface area contributed by atoms with E-state index in [1.165, 1.54) is 18.4 Å². The van der Waals surface area contributed by atoms with Gasteiger partial charge < -0.3 is 5.11 Å². The lowest BCUT2D eigenvalue weighted by Crippen LogP contribution is -2.26. The van der Waals surface area contributed by atoms with E-state index in [4.69, 9.17) is 0 Å². The highest BCUT2D eigenvalue weighted by molar-refractivity contribution is 5.22. The summed E-state index contributed by atoms with van der Waals surface area (Å²) in [5.74, 6) is 1.43. The number of benzene rings is 1. The van der Waals surface area contributed by atoms with Crippen LogP contribution in [-0.2, 0) is 0 Å². The molecule has 1 aliphatic rings. The maximum Gasteiger partial charge on any atom is 0.0639 e. The monoisotopic (exact) mass is 218 g/mol. The molecule has 2 rings (SSSR count). The summed E-state index contributed by atoms with van der Waals surface area (Å²) in [6.07, 6.45) is 3.41. The molecule has 1 aromatic rings.